The van der Waals surface area contributed by atoms with Crippen LogP contribution in [-0.4, -0.2) is 94.1 Å². The number of piperazine rings is 1. The van der Waals surface area contributed by atoms with Crippen molar-refractivity contribution in [1.29, 1.82) is 0 Å². The SMILES string of the molecule is CC(C)(N)C(=O)N1CCN(C(=O)Nc2ccn(-c3ccc(C(C)(C)CN4CC5C(CN)C5C4)cc3)c(=O)n2)CC1.Cl. The zero-order chi connectivity index (χ0) is 28.8. The van der Waals surface area contributed by atoms with Gasteiger partial charge in [0.1, 0.15) is 5.82 Å². The number of halogens is 1. The number of amides is 3. The van der Waals surface area contributed by atoms with Crippen LogP contribution in [0.3, 0.4) is 0 Å². The molecule has 224 valence electrons. The highest BCUT2D eigenvalue weighted by Crippen LogP contribution is 2.51. The van der Waals surface area contributed by atoms with Gasteiger partial charge < -0.3 is 26.2 Å². The standard InChI is InChI=1S/C29H42N8O3.ClH/c1-28(2,18-34-16-22-21(15-30)23(22)17-34)19-5-7-20(8-6-19)37-10-9-24(33-27(37)40)32-26(39)36-13-11-35(12-14-36)25(38)29(3,4)31;/h5-10,21-23H,11-18,30-31H2,1-4H3,(H,32,33,39,40);1H. The number of carbonyl (C=O) groups is 2. The molecule has 0 spiro atoms. The first-order valence-electron chi connectivity index (χ1n) is 14.1. The van der Waals surface area contributed by atoms with Gasteiger partial charge in [0.25, 0.3) is 0 Å². The number of fused-ring (bicyclic) bond motifs is 1. The largest absolute Gasteiger partial charge is 0.354 e. The first kappa shape index (κ1) is 31.0. The van der Waals surface area contributed by atoms with Crippen LogP contribution in [0.1, 0.15) is 33.3 Å². The van der Waals surface area contributed by atoms with Crippen molar-refractivity contribution < 1.29 is 9.59 Å². The molecule has 1 aliphatic carbocycles. The molecule has 11 nitrogen and oxygen atoms in total. The number of hydrogen-bond donors (Lipinski definition) is 3. The summed E-state index contributed by atoms with van der Waals surface area (Å²) in [6.07, 6.45) is 1.62. The Hall–Kier alpha value is -2.99. The third kappa shape index (κ3) is 6.58. The molecule has 12 heteroatoms. The summed E-state index contributed by atoms with van der Waals surface area (Å²) in [7, 11) is 0. The van der Waals surface area contributed by atoms with Crippen LogP contribution >= 0.6 is 12.4 Å². The molecular formula is C29H43ClN8O3. The van der Waals surface area contributed by atoms with E-state index in [1.54, 1.807) is 35.9 Å². The molecule has 1 aromatic carbocycles. The maximum Gasteiger partial charge on any atom is 0.354 e. The van der Waals surface area contributed by atoms with Gasteiger partial charge in [-0.15, -0.1) is 12.4 Å². The van der Waals surface area contributed by atoms with Gasteiger partial charge in [0.05, 0.1) is 11.2 Å². The number of urea groups is 1. The van der Waals surface area contributed by atoms with E-state index in [-0.39, 0.29) is 35.6 Å². The number of nitrogens with one attached hydrogen (secondary N) is 1. The number of hydrogen-bond acceptors (Lipinski definition) is 7. The lowest BCUT2D eigenvalue weighted by atomic mass is 9.84. The van der Waals surface area contributed by atoms with Crippen LogP contribution in [0.4, 0.5) is 10.6 Å². The molecule has 0 radical (unpaired) electrons. The van der Waals surface area contributed by atoms with Crippen molar-refractivity contribution in [3.63, 3.8) is 0 Å². The average molecular weight is 587 g/mol. The summed E-state index contributed by atoms with van der Waals surface area (Å²) in [5, 5.41) is 2.70. The van der Waals surface area contributed by atoms with E-state index >= 15 is 0 Å². The van der Waals surface area contributed by atoms with Crippen LogP contribution in [0, 0.1) is 17.8 Å². The molecule has 5 N–H and O–H groups in total. The number of nitrogens with two attached hydrogens (primary N) is 2. The van der Waals surface area contributed by atoms with Gasteiger partial charge in [-0.2, -0.15) is 4.98 Å². The highest BCUT2D eigenvalue weighted by Gasteiger charge is 2.54. The average Bonchev–Trinajstić information content (AvgIpc) is 3.40. The van der Waals surface area contributed by atoms with E-state index in [4.69, 9.17) is 11.5 Å². The number of rotatable bonds is 7. The minimum Gasteiger partial charge on any atom is -0.338 e. The molecule has 1 aromatic heterocycles. The summed E-state index contributed by atoms with van der Waals surface area (Å²) >= 11 is 0. The Bertz CT molecular complexity index is 1300. The third-order valence-electron chi connectivity index (χ3n) is 8.71. The fraction of sp³-hybridized carbons (Fsp3) is 0.586. The first-order chi connectivity index (χ1) is 18.9. The Labute approximate surface area is 247 Å². The van der Waals surface area contributed by atoms with Crippen LogP contribution < -0.4 is 22.5 Å². The Morgan fingerprint density at radius 3 is 2.10 bits per heavy atom. The molecule has 2 aromatic rings. The Morgan fingerprint density at radius 1 is 0.976 bits per heavy atom. The molecule has 0 bridgehead atoms. The van der Waals surface area contributed by atoms with Crippen molar-refractivity contribution in [2.45, 2.75) is 38.6 Å². The number of likely N-dealkylation sites (tertiary alicyclic amines) is 1. The highest BCUT2D eigenvalue weighted by atomic mass is 35.5. The Balaban J connectivity index is 0.00000387. The fourth-order valence-electron chi connectivity index (χ4n) is 6.32. The lowest BCUT2D eigenvalue weighted by molar-refractivity contribution is -0.137. The first-order valence-corrected chi connectivity index (χ1v) is 14.1. The van der Waals surface area contributed by atoms with E-state index in [0.717, 1.165) is 43.9 Å². The van der Waals surface area contributed by atoms with Gasteiger partial charge in [-0.3, -0.25) is 14.7 Å². The minimum absolute atomic E-state index is 0. The Morgan fingerprint density at radius 2 is 1.56 bits per heavy atom. The molecule has 1 saturated carbocycles. The molecule has 3 heterocycles. The topological polar surface area (TPSA) is 143 Å². The van der Waals surface area contributed by atoms with Crippen molar-refractivity contribution >= 4 is 30.2 Å². The molecule has 2 atom stereocenters. The summed E-state index contributed by atoms with van der Waals surface area (Å²) < 4.78 is 1.46. The molecule has 5 rings (SSSR count). The number of aromatic nitrogens is 2. The quantitative estimate of drug-likeness (QED) is 0.446. The van der Waals surface area contributed by atoms with Gasteiger partial charge in [-0.25, -0.2) is 9.59 Å². The van der Waals surface area contributed by atoms with Gasteiger partial charge in [0, 0.05) is 57.4 Å². The molecule has 3 amide bonds. The van der Waals surface area contributed by atoms with E-state index < -0.39 is 11.2 Å². The summed E-state index contributed by atoms with van der Waals surface area (Å²) in [6.45, 7) is 13.5. The van der Waals surface area contributed by atoms with Gasteiger partial charge >= 0.3 is 11.7 Å². The number of piperidine rings is 1. The Kier molecular flexibility index (Phi) is 8.84. The summed E-state index contributed by atoms with van der Waals surface area (Å²) in [6, 6.07) is 9.28. The van der Waals surface area contributed by atoms with Crippen molar-refractivity contribution in [2.75, 3.05) is 57.7 Å². The van der Waals surface area contributed by atoms with Crippen molar-refractivity contribution in [3.8, 4) is 5.69 Å². The van der Waals surface area contributed by atoms with E-state index in [1.165, 1.54) is 10.1 Å². The van der Waals surface area contributed by atoms with Gasteiger partial charge in [0.2, 0.25) is 5.91 Å². The van der Waals surface area contributed by atoms with Crippen molar-refractivity contribution in [1.82, 2.24) is 24.3 Å². The fourth-order valence-corrected chi connectivity index (χ4v) is 6.32. The smallest absolute Gasteiger partial charge is 0.338 e. The van der Waals surface area contributed by atoms with Crippen LogP contribution in [-0.2, 0) is 10.2 Å². The van der Waals surface area contributed by atoms with Crippen LogP contribution in [0.25, 0.3) is 5.69 Å². The summed E-state index contributed by atoms with van der Waals surface area (Å²) in [5.41, 5.74) is 12.3. The molecule has 2 saturated heterocycles. The molecule has 3 aliphatic rings. The molecule has 3 fully saturated rings. The lowest BCUT2D eigenvalue weighted by Gasteiger charge is -2.37. The number of anilines is 1. The van der Waals surface area contributed by atoms with Crippen molar-refractivity contribution in [3.05, 3.63) is 52.6 Å². The van der Waals surface area contributed by atoms with Crippen LogP contribution in [0.15, 0.2) is 41.3 Å². The van der Waals surface area contributed by atoms with Crippen LogP contribution in [0.2, 0.25) is 0 Å². The minimum atomic E-state index is -0.947. The van der Waals surface area contributed by atoms with E-state index in [2.05, 4.69) is 41.2 Å². The second-order valence-electron chi connectivity index (χ2n) is 12.7. The van der Waals surface area contributed by atoms with E-state index in [9.17, 15) is 14.4 Å². The van der Waals surface area contributed by atoms with Crippen LogP contribution in [0.5, 0.6) is 0 Å². The maximum absolute atomic E-state index is 12.8. The van der Waals surface area contributed by atoms with Gasteiger partial charge in [-0.05, 0) is 61.9 Å². The summed E-state index contributed by atoms with van der Waals surface area (Å²) in [4.78, 5) is 47.8. The van der Waals surface area contributed by atoms with Gasteiger partial charge in [-0.1, -0.05) is 26.0 Å². The van der Waals surface area contributed by atoms with E-state index in [0.29, 0.717) is 31.9 Å². The summed E-state index contributed by atoms with van der Waals surface area (Å²) in [5.74, 6) is 2.33. The highest BCUT2D eigenvalue weighted by molar-refractivity contribution is 5.89. The zero-order valence-electron chi connectivity index (χ0n) is 24.4. The predicted molar refractivity (Wildman–Crippen MR) is 162 cm³/mol. The van der Waals surface area contributed by atoms with Gasteiger partial charge in [0.15, 0.2) is 0 Å². The normalized spacial score (nSPS) is 22.6. The monoisotopic (exact) mass is 586 g/mol. The maximum atomic E-state index is 12.8. The number of nitrogens with zero attached hydrogens (tertiary/aromatic N) is 5. The predicted octanol–water partition coefficient (Wildman–Crippen LogP) is 1.48. The zero-order valence-corrected chi connectivity index (χ0v) is 25.2. The molecule has 2 unspecified atom stereocenters. The second-order valence-corrected chi connectivity index (χ2v) is 12.7. The molecular weight excluding hydrogens is 544 g/mol. The van der Waals surface area contributed by atoms with Crippen molar-refractivity contribution in [2.24, 2.45) is 29.2 Å². The lowest BCUT2D eigenvalue weighted by Crippen LogP contribution is -2.58. The number of carbonyl (C=O) groups excluding carboxylic acids is 2. The molecule has 2 aliphatic heterocycles. The second kappa shape index (κ2) is 11.7. The third-order valence-corrected chi connectivity index (χ3v) is 8.71. The van der Waals surface area contributed by atoms with E-state index in [1.807, 2.05) is 12.1 Å². The number of benzene rings is 1. The molecule has 41 heavy (non-hydrogen) atoms.